The highest BCUT2D eigenvalue weighted by Crippen LogP contribution is 2.36. The van der Waals surface area contributed by atoms with E-state index in [1.807, 2.05) is 31.3 Å². The minimum absolute atomic E-state index is 0. The summed E-state index contributed by atoms with van der Waals surface area (Å²) in [6.45, 7) is 1.50. The Morgan fingerprint density at radius 3 is 2.37 bits per heavy atom. The first kappa shape index (κ1) is 24.2. The van der Waals surface area contributed by atoms with E-state index in [0.717, 1.165) is 30.9 Å². The van der Waals surface area contributed by atoms with Gasteiger partial charge < -0.3 is 10.1 Å². The summed E-state index contributed by atoms with van der Waals surface area (Å²) >= 11 is 0. The van der Waals surface area contributed by atoms with Crippen LogP contribution in [-0.4, -0.2) is 39.9 Å². The van der Waals surface area contributed by atoms with Gasteiger partial charge in [0, 0.05) is 38.7 Å². The number of tetrazole rings is 1. The van der Waals surface area contributed by atoms with Crippen LogP contribution >= 0.6 is 24.8 Å². The van der Waals surface area contributed by atoms with Crippen molar-refractivity contribution >= 4 is 24.8 Å². The minimum atomic E-state index is -0.613. The first-order valence-corrected chi connectivity index (χ1v) is 9.58. The zero-order valence-corrected chi connectivity index (χ0v) is 18.7. The second-order valence-electron chi connectivity index (χ2n) is 7.20. The van der Waals surface area contributed by atoms with Crippen molar-refractivity contribution in [2.45, 2.75) is 30.7 Å². The lowest BCUT2D eigenvalue weighted by Crippen LogP contribution is -2.63. The number of hydrogen-bond acceptors (Lipinski definition) is 6. The second kappa shape index (κ2) is 10.8. The third-order valence-electron chi connectivity index (χ3n) is 5.56. The molecular weight excluding hydrogens is 423 g/mol. The number of ether oxygens (including phenoxy) is 1. The molecule has 30 heavy (non-hydrogen) atoms. The van der Waals surface area contributed by atoms with E-state index in [2.05, 4.69) is 62.6 Å². The normalized spacial score (nSPS) is 23.3. The number of benzene rings is 2. The quantitative estimate of drug-likeness (QED) is 0.601. The summed E-state index contributed by atoms with van der Waals surface area (Å²) in [6, 6.07) is 20.8. The maximum Gasteiger partial charge on any atom is 0.160 e. The average molecular weight is 451 g/mol. The molecule has 0 radical (unpaired) electrons. The molecule has 0 spiro atoms. The molecule has 4 rings (SSSR count). The van der Waals surface area contributed by atoms with Crippen molar-refractivity contribution in [3.63, 3.8) is 0 Å². The number of nitrogens with one attached hydrogen (secondary N) is 2. The summed E-state index contributed by atoms with van der Waals surface area (Å²) in [6.07, 6.45) is 0.858. The van der Waals surface area contributed by atoms with Crippen molar-refractivity contribution in [1.82, 2.24) is 30.8 Å². The number of methoxy groups -OCH3 is 1. The zero-order valence-electron chi connectivity index (χ0n) is 17.1. The maximum absolute atomic E-state index is 6.13. The van der Waals surface area contributed by atoms with Crippen molar-refractivity contribution in [1.29, 1.82) is 0 Å². The monoisotopic (exact) mass is 450 g/mol. The maximum atomic E-state index is 6.13. The van der Waals surface area contributed by atoms with Gasteiger partial charge in [-0.3, -0.25) is 5.32 Å². The average Bonchev–Trinajstić information content (AvgIpc) is 3.19. The van der Waals surface area contributed by atoms with E-state index in [1.165, 1.54) is 5.56 Å². The lowest BCUT2D eigenvalue weighted by atomic mass is 9.82. The molecule has 2 N–H and O–H groups in total. The highest BCUT2D eigenvalue weighted by atomic mass is 35.5. The Bertz CT molecular complexity index is 895. The Morgan fingerprint density at radius 2 is 1.77 bits per heavy atom. The van der Waals surface area contributed by atoms with E-state index >= 15 is 0 Å². The minimum Gasteiger partial charge on any atom is -0.358 e. The number of aromatic nitrogens is 4. The summed E-state index contributed by atoms with van der Waals surface area (Å²) in [7, 11) is 3.65. The molecule has 1 aliphatic heterocycles. The third kappa shape index (κ3) is 4.82. The van der Waals surface area contributed by atoms with Crippen molar-refractivity contribution in [3.05, 3.63) is 77.6 Å². The van der Waals surface area contributed by atoms with E-state index in [1.54, 1.807) is 11.8 Å². The molecular formula is C21H28Cl2N6O. The fourth-order valence-electron chi connectivity index (χ4n) is 4.10. The van der Waals surface area contributed by atoms with Crippen molar-refractivity contribution < 1.29 is 4.74 Å². The molecule has 0 amide bonds. The summed E-state index contributed by atoms with van der Waals surface area (Å²) < 4.78 is 7.88. The van der Waals surface area contributed by atoms with Crippen molar-refractivity contribution in [2.75, 3.05) is 13.7 Å². The van der Waals surface area contributed by atoms with Crippen LogP contribution in [0.25, 0.3) is 0 Å². The van der Waals surface area contributed by atoms with E-state index in [0.29, 0.717) is 0 Å². The molecule has 0 bridgehead atoms. The molecule has 7 nitrogen and oxygen atoms in total. The van der Waals surface area contributed by atoms with Gasteiger partial charge in [-0.2, -0.15) is 0 Å². The Morgan fingerprint density at radius 1 is 1.10 bits per heavy atom. The first-order chi connectivity index (χ1) is 13.7. The van der Waals surface area contributed by atoms with Crippen LogP contribution < -0.4 is 10.6 Å². The predicted octanol–water partition coefficient (Wildman–Crippen LogP) is 2.79. The summed E-state index contributed by atoms with van der Waals surface area (Å²) in [5, 5.41) is 19.4. The van der Waals surface area contributed by atoms with E-state index in [-0.39, 0.29) is 36.8 Å². The van der Waals surface area contributed by atoms with Gasteiger partial charge in [-0.1, -0.05) is 60.7 Å². The van der Waals surface area contributed by atoms with Crippen LogP contribution in [-0.2, 0) is 24.1 Å². The van der Waals surface area contributed by atoms with Crippen LogP contribution in [0, 0.1) is 0 Å². The summed E-state index contributed by atoms with van der Waals surface area (Å²) in [4.78, 5) is 0. The molecule has 9 heteroatoms. The van der Waals surface area contributed by atoms with E-state index < -0.39 is 5.72 Å². The lowest BCUT2D eigenvalue weighted by molar-refractivity contribution is -0.0942. The largest absolute Gasteiger partial charge is 0.358 e. The van der Waals surface area contributed by atoms with Gasteiger partial charge in [-0.25, -0.2) is 4.68 Å². The SMILES string of the molecule is CO[C@]1(c2ccccc2)NCC(c2nnnn2C)C[C@H]1NCc1ccccc1.Cl.Cl. The van der Waals surface area contributed by atoms with Crippen LogP contribution in [0.1, 0.15) is 29.3 Å². The summed E-state index contributed by atoms with van der Waals surface area (Å²) in [5.41, 5.74) is 1.74. The molecule has 2 aromatic carbocycles. The number of aryl methyl sites for hydroxylation is 1. The van der Waals surface area contributed by atoms with Crippen LogP contribution in [0.5, 0.6) is 0 Å². The van der Waals surface area contributed by atoms with E-state index in [4.69, 9.17) is 4.74 Å². The molecule has 1 unspecified atom stereocenters. The standard InChI is InChI=1S/C21H26N6O.2ClH/c1-27-20(24-25-26-27)17-13-19(22-14-16-9-5-3-6-10-16)21(28-2,23-15-17)18-11-7-4-8-12-18;;/h3-12,17,19,22-23H,13-15H2,1-2H3;2*1H/t17?,19-,21+;;/m1../s1. The molecule has 3 atom stereocenters. The van der Waals surface area contributed by atoms with Gasteiger partial charge >= 0.3 is 0 Å². The fourth-order valence-corrected chi connectivity index (χ4v) is 4.10. The number of halogens is 2. The van der Waals surface area contributed by atoms with Gasteiger partial charge in [0.15, 0.2) is 11.5 Å². The van der Waals surface area contributed by atoms with E-state index in [9.17, 15) is 0 Å². The lowest BCUT2D eigenvalue weighted by Gasteiger charge is -2.46. The highest BCUT2D eigenvalue weighted by Gasteiger charge is 2.46. The van der Waals surface area contributed by atoms with Gasteiger partial charge in [0.1, 0.15) is 0 Å². The van der Waals surface area contributed by atoms with Crippen LogP contribution in [0.4, 0.5) is 0 Å². The summed E-state index contributed by atoms with van der Waals surface area (Å²) in [5.74, 6) is 1.08. The van der Waals surface area contributed by atoms with Gasteiger partial charge in [-0.15, -0.1) is 29.9 Å². The molecule has 2 heterocycles. The zero-order chi connectivity index (χ0) is 19.4. The molecule has 1 fully saturated rings. The van der Waals surface area contributed by atoms with Gasteiger partial charge in [-0.05, 0) is 22.4 Å². The number of rotatable bonds is 6. The molecule has 1 saturated heterocycles. The van der Waals surface area contributed by atoms with Crippen molar-refractivity contribution in [3.8, 4) is 0 Å². The van der Waals surface area contributed by atoms with Crippen LogP contribution in [0.2, 0.25) is 0 Å². The Kier molecular flexibility index (Phi) is 8.76. The smallest absolute Gasteiger partial charge is 0.160 e. The Balaban J connectivity index is 0.00000160. The molecule has 3 aromatic rings. The highest BCUT2D eigenvalue weighted by molar-refractivity contribution is 5.85. The fraction of sp³-hybridized carbons (Fsp3) is 0.381. The first-order valence-electron chi connectivity index (χ1n) is 9.58. The second-order valence-corrected chi connectivity index (χ2v) is 7.20. The number of nitrogens with zero attached hydrogens (tertiary/aromatic N) is 4. The molecule has 1 aliphatic rings. The van der Waals surface area contributed by atoms with Gasteiger partial charge in [0.25, 0.3) is 0 Å². The molecule has 162 valence electrons. The van der Waals surface area contributed by atoms with Crippen LogP contribution in [0.15, 0.2) is 60.7 Å². The van der Waals surface area contributed by atoms with Crippen molar-refractivity contribution in [2.24, 2.45) is 7.05 Å². The molecule has 1 aromatic heterocycles. The number of piperidine rings is 1. The molecule has 0 saturated carbocycles. The molecule has 0 aliphatic carbocycles. The Labute approximate surface area is 189 Å². The van der Waals surface area contributed by atoms with Gasteiger partial charge in [0.05, 0.1) is 6.04 Å². The predicted molar refractivity (Wildman–Crippen MR) is 121 cm³/mol. The topological polar surface area (TPSA) is 76.9 Å². The van der Waals surface area contributed by atoms with Gasteiger partial charge in [0.2, 0.25) is 0 Å². The number of hydrogen-bond donors (Lipinski definition) is 2. The third-order valence-corrected chi connectivity index (χ3v) is 5.56. The van der Waals surface area contributed by atoms with Crippen LogP contribution in [0.3, 0.4) is 0 Å². The Hall–Kier alpha value is -2.03.